The first-order chi connectivity index (χ1) is 8.65. The molecule has 2 rings (SSSR count). The number of rotatable bonds is 3. The first-order valence-corrected chi connectivity index (χ1v) is 5.99. The van der Waals surface area contributed by atoms with Gasteiger partial charge in [-0.15, -0.1) is 0 Å². The lowest BCUT2D eigenvalue weighted by Crippen LogP contribution is -2.40. The van der Waals surface area contributed by atoms with Crippen LogP contribution in [0.15, 0.2) is 24.3 Å². The quantitative estimate of drug-likeness (QED) is 0.900. The number of ether oxygens (including phenoxy) is 1. The van der Waals surface area contributed by atoms with Gasteiger partial charge in [0.1, 0.15) is 5.82 Å². The van der Waals surface area contributed by atoms with Gasteiger partial charge in [-0.1, -0.05) is 12.1 Å². The molecule has 1 aliphatic heterocycles. The Morgan fingerprint density at radius 3 is 2.78 bits per heavy atom. The van der Waals surface area contributed by atoms with Crippen LogP contribution in [0.1, 0.15) is 18.4 Å². The first-order valence-electron chi connectivity index (χ1n) is 5.99. The van der Waals surface area contributed by atoms with Crippen LogP contribution in [0.3, 0.4) is 0 Å². The van der Waals surface area contributed by atoms with E-state index in [2.05, 4.69) is 0 Å². The summed E-state index contributed by atoms with van der Waals surface area (Å²) in [7, 11) is 0. The third-order valence-electron chi connectivity index (χ3n) is 3.09. The Bertz CT molecular complexity index is 416. The van der Waals surface area contributed by atoms with Crippen molar-refractivity contribution < 1.29 is 19.0 Å². The van der Waals surface area contributed by atoms with Crippen LogP contribution in [0.4, 0.5) is 9.18 Å². The summed E-state index contributed by atoms with van der Waals surface area (Å²) in [4.78, 5) is 12.1. The van der Waals surface area contributed by atoms with E-state index in [1.807, 2.05) is 6.07 Å². The van der Waals surface area contributed by atoms with Gasteiger partial charge in [0.2, 0.25) is 0 Å². The molecule has 4 nitrogen and oxygen atoms in total. The molecule has 0 aromatic heterocycles. The van der Waals surface area contributed by atoms with Crippen molar-refractivity contribution in [1.82, 2.24) is 4.90 Å². The smallest absolute Gasteiger partial charge is 0.407 e. The summed E-state index contributed by atoms with van der Waals surface area (Å²) in [5.74, 6) is -0.267. The van der Waals surface area contributed by atoms with Crippen molar-refractivity contribution >= 4 is 6.09 Å². The Balaban J connectivity index is 1.77. The van der Waals surface area contributed by atoms with Crippen LogP contribution in [0.25, 0.3) is 0 Å². The van der Waals surface area contributed by atoms with E-state index in [0.29, 0.717) is 32.5 Å². The zero-order valence-corrected chi connectivity index (χ0v) is 10.0. The Hall–Kier alpha value is -1.62. The molecule has 0 bridgehead atoms. The van der Waals surface area contributed by atoms with Crippen molar-refractivity contribution in [3.05, 3.63) is 35.6 Å². The van der Waals surface area contributed by atoms with Gasteiger partial charge in [-0.3, -0.25) is 0 Å². The number of hydrogen-bond donors (Lipinski definition) is 1. The zero-order valence-electron chi connectivity index (χ0n) is 10.0. The summed E-state index contributed by atoms with van der Waals surface area (Å²) in [6.07, 6.45) is 0.575. The number of piperidine rings is 1. The first kappa shape index (κ1) is 12.8. The van der Waals surface area contributed by atoms with Crippen LogP contribution in [0.2, 0.25) is 0 Å². The standard InChI is InChI=1S/C13H16FNO3/c14-11-3-1-2-10(8-11)9-18-12-4-6-15(7-5-12)13(16)17/h1-3,8,12H,4-7,9H2,(H,16,17). The average molecular weight is 253 g/mol. The Kier molecular flexibility index (Phi) is 4.15. The lowest BCUT2D eigenvalue weighted by molar-refractivity contribution is 0.000284. The molecule has 1 heterocycles. The molecule has 0 saturated carbocycles. The lowest BCUT2D eigenvalue weighted by atomic mass is 10.1. The second kappa shape index (κ2) is 5.82. The van der Waals surface area contributed by atoms with Crippen molar-refractivity contribution in [3.63, 3.8) is 0 Å². The largest absolute Gasteiger partial charge is 0.465 e. The maximum Gasteiger partial charge on any atom is 0.407 e. The minimum Gasteiger partial charge on any atom is -0.465 e. The van der Waals surface area contributed by atoms with Gasteiger partial charge in [-0.2, -0.15) is 0 Å². The highest BCUT2D eigenvalue weighted by atomic mass is 19.1. The molecule has 1 N–H and O–H groups in total. The number of likely N-dealkylation sites (tertiary alicyclic amines) is 1. The van der Waals surface area contributed by atoms with Crippen molar-refractivity contribution in [1.29, 1.82) is 0 Å². The molecule has 1 saturated heterocycles. The SMILES string of the molecule is O=C(O)N1CCC(OCc2cccc(F)c2)CC1. The van der Waals surface area contributed by atoms with Crippen LogP contribution in [-0.2, 0) is 11.3 Å². The van der Waals surface area contributed by atoms with E-state index in [1.165, 1.54) is 17.0 Å². The third-order valence-corrected chi connectivity index (χ3v) is 3.09. The van der Waals surface area contributed by atoms with Crippen LogP contribution in [0.5, 0.6) is 0 Å². The minimum atomic E-state index is -0.876. The fourth-order valence-corrected chi connectivity index (χ4v) is 2.05. The highest BCUT2D eigenvalue weighted by molar-refractivity contribution is 5.64. The van der Waals surface area contributed by atoms with E-state index in [9.17, 15) is 9.18 Å². The number of benzene rings is 1. The van der Waals surface area contributed by atoms with Gasteiger partial charge in [-0.25, -0.2) is 9.18 Å². The van der Waals surface area contributed by atoms with Crippen molar-refractivity contribution in [2.45, 2.75) is 25.6 Å². The molecule has 0 aliphatic carbocycles. The molecule has 0 radical (unpaired) electrons. The summed E-state index contributed by atoms with van der Waals surface area (Å²) in [5, 5.41) is 8.81. The lowest BCUT2D eigenvalue weighted by Gasteiger charge is -2.29. The fraction of sp³-hybridized carbons (Fsp3) is 0.462. The normalized spacial score (nSPS) is 16.8. The summed E-state index contributed by atoms with van der Waals surface area (Å²) in [6.45, 7) is 1.38. The number of carboxylic acid groups (broad SMARTS) is 1. The summed E-state index contributed by atoms with van der Waals surface area (Å²) in [5.41, 5.74) is 0.802. The number of carbonyl (C=O) groups is 1. The molecule has 18 heavy (non-hydrogen) atoms. The van der Waals surface area contributed by atoms with Gasteiger partial charge in [0.05, 0.1) is 12.7 Å². The van der Waals surface area contributed by atoms with Gasteiger partial charge in [0.25, 0.3) is 0 Å². The Labute approximate surface area is 105 Å². The molecule has 0 atom stereocenters. The van der Waals surface area contributed by atoms with Crippen molar-refractivity contribution in [2.75, 3.05) is 13.1 Å². The Morgan fingerprint density at radius 2 is 2.17 bits per heavy atom. The molecular formula is C13H16FNO3. The summed E-state index contributed by atoms with van der Waals surface area (Å²) in [6, 6.07) is 6.32. The summed E-state index contributed by atoms with van der Waals surface area (Å²) >= 11 is 0. The zero-order chi connectivity index (χ0) is 13.0. The average Bonchev–Trinajstić information content (AvgIpc) is 2.37. The number of hydrogen-bond acceptors (Lipinski definition) is 2. The summed E-state index contributed by atoms with van der Waals surface area (Å²) < 4.78 is 18.6. The second-order valence-electron chi connectivity index (χ2n) is 4.41. The van der Waals surface area contributed by atoms with E-state index < -0.39 is 6.09 Å². The van der Waals surface area contributed by atoms with Crippen LogP contribution < -0.4 is 0 Å². The van der Waals surface area contributed by atoms with Crippen LogP contribution >= 0.6 is 0 Å². The van der Waals surface area contributed by atoms with Crippen molar-refractivity contribution in [3.8, 4) is 0 Å². The molecule has 1 aromatic carbocycles. The second-order valence-corrected chi connectivity index (χ2v) is 4.41. The topological polar surface area (TPSA) is 49.8 Å². The van der Waals surface area contributed by atoms with E-state index >= 15 is 0 Å². The van der Waals surface area contributed by atoms with Gasteiger partial charge in [0, 0.05) is 13.1 Å². The predicted molar refractivity (Wildman–Crippen MR) is 63.8 cm³/mol. The van der Waals surface area contributed by atoms with Crippen molar-refractivity contribution in [2.24, 2.45) is 0 Å². The van der Waals surface area contributed by atoms with Crippen LogP contribution in [-0.4, -0.2) is 35.3 Å². The number of amides is 1. The molecule has 0 unspecified atom stereocenters. The number of nitrogens with zero attached hydrogens (tertiary/aromatic N) is 1. The van der Waals surface area contributed by atoms with Gasteiger partial charge in [-0.05, 0) is 30.5 Å². The van der Waals surface area contributed by atoms with E-state index in [0.717, 1.165) is 5.56 Å². The van der Waals surface area contributed by atoms with Gasteiger partial charge >= 0.3 is 6.09 Å². The highest BCUT2D eigenvalue weighted by Crippen LogP contribution is 2.16. The van der Waals surface area contributed by atoms with E-state index in [4.69, 9.17) is 9.84 Å². The maximum absolute atomic E-state index is 12.9. The predicted octanol–water partition coefficient (Wildman–Crippen LogP) is 2.48. The Morgan fingerprint density at radius 1 is 1.44 bits per heavy atom. The third kappa shape index (κ3) is 3.43. The van der Waals surface area contributed by atoms with Crippen LogP contribution in [0, 0.1) is 5.82 Å². The molecule has 1 aromatic rings. The monoisotopic (exact) mass is 253 g/mol. The molecular weight excluding hydrogens is 237 g/mol. The minimum absolute atomic E-state index is 0.0591. The molecule has 98 valence electrons. The molecule has 1 fully saturated rings. The van der Waals surface area contributed by atoms with Gasteiger partial charge < -0.3 is 14.7 Å². The molecule has 1 amide bonds. The maximum atomic E-state index is 12.9. The molecule has 5 heteroatoms. The van der Waals surface area contributed by atoms with E-state index in [-0.39, 0.29) is 11.9 Å². The number of halogens is 1. The fourth-order valence-electron chi connectivity index (χ4n) is 2.05. The molecule has 0 spiro atoms. The van der Waals surface area contributed by atoms with Gasteiger partial charge in [0.15, 0.2) is 0 Å². The molecule has 1 aliphatic rings. The highest BCUT2D eigenvalue weighted by Gasteiger charge is 2.22. The van der Waals surface area contributed by atoms with E-state index in [1.54, 1.807) is 6.07 Å².